The van der Waals surface area contributed by atoms with Gasteiger partial charge in [0.05, 0.1) is 11.5 Å². The Balaban J connectivity index is 2.44. The number of nitrogens with one attached hydrogen (secondary N) is 1. The molecule has 0 aliphatic rings. The minimum absolute atomic E-state index is 0.456. The van der Waals surface area contributed by atoms with Crippen molar-refractivity contribution >= 4 is 16.5 Å². The van der Waals surface area contributed by atoms with Crippen LogP contribution in [0.15, 0.2) is 6.20 Å². The van der Waals surface area contributed by atoms with Crippen LogP contribution in [0.4, 0.5) is 5.13 Å². The molecular formula is C9H17N3O2S. The first-order valence-corrected chi connectivity index (χ1v) is 5.52. The van der Waals surface area contributed by atoms with Gasteiger partial charge in [0.15, 0.2) is 5.13 Å². The Morgan fingerprint density at radius 1 is 1.73 bits per heavy atom. The molecule has 0 aliphatic heterocycles. The standard InChI is InChI=1S/C9H17N3O2S/c1-9(13,6-11-3-4-14-2)7-5-12-8(10)15-7/h5,11,13H,3-4,6H2,1-2H3,(H2,10,12). The molecule has 1 aromatic heterocycles. The maximum absolute atomic E-state index is 10.1. The van der Waals surface area contributed by atoms with Crippen LogP contribution in [0.1, 0.15) is 11.8 Å². The fraction of sp³-hybridized carbons (Fsp3) is 0.667. The van der Waals surface area contributed by atoms with Crippen molar-refractivity contribution in [1.29, 1.82) is 0 Å². The van der Waals surface area contributed by atoms with Crippen LogP contribution in [0.3, 0.4) is 0 Å². The van der Waals surface area contributed by atoms with Gasteiger partial charge in [-0.25, -0.2) is 4.98 Å². The zero-order valence-electron chi connectivity index (χ0n) is 8.99. The summed E-state index contributed by atoms with van der Waals surface area (Å²) < 4.78 is 4.89. The quantitative estimate of drug-likeness (QED) is 0.608. The van der Waals surface area contributed by atoms with Gasteiger partial charge in [0.1, 0.15) is 5.60 Å². The van der Waals surface area contributed by atoms with Crippen molar-refractivity contribution in [2.45, 2.75) is 12.5 Å². The molecule has 1 rings (SSSR count). The van der Waals surface area contributed by atoms with E-state index in [0.29, 0.717) is 24.8 Å². The summed E-state index contributed by atoms with van der Waals surface area (Å²) in [7, 11) is 1.64. The number of thiazole rings is 1. The molecule has 86 valence electrons. The number of rotatable bonds is 6. The third-order valence-electron chi connectivity index (χ3n) is 2.01. The van der Waals surface area contributed by atoms with Gasteiger partial charge in [-0.3, -0.25) is 0 Å². The Morgan fingerprint density at radius 3 is 3.00 bits per heavy atom. The molecule has 1 unspecified atom stereocenters. The van der Waals surface area contributed by atoms with Crippen molar-refractivity contribution in [1.82, 2.24) is 10.3 Å². The lowest BCUT2D eigenvalue weighted by atomic mass is 10.1. The molecule has 0 aromatic carbocycles. The predicted molar refractivity (Wildman–Crippen MR) is 60.8 cm³/mol. The highest BCUT2D eigenvalue weighted by atomic mass is 32.1. The number of nitrogens with two attached hydrogens (primary N) is 1. The van der Waals surface area contributed by atoms with Gasteiger partial charge in [-0.05, 0) is 6.92 Å². The van der Waals surface area contributed by atoms with Crippen LogP contribution in [-0.4, -0.2) is 36.9 Å². The fourth-order valence-corrected chi connectivity index (χ4v) is 1.86. The van der Waals surface area contributed by atoms with E-state index in [4.69, 9.17) is 10.5 Å². The topological polar surface area (TPSA) is 80.4 Å². The minimum atomic E-state index is -0.928. The van der Waals surface area contributed by atoms with Gasteiger partial charge in [0.2, 0.25) is 0 Å². The molecule has 1 heterocycles. The maximum atomic E-state index is 10.1. The van der Waals surface area contributed by atoms with Crippen molar-refractivity contribution in [2.75, 3.05) is 32.5 Å². The van der Waals surface area contributed by atoms with Crippen LogP contribution in [0.25, 0.3) is 0 Å². The van der Waals surface area contributed by atoms with E-state index in [1.807, 2.05) is 0 Å². The van der Waals surface area contributed by atoms with E-state index in [0.717, 1.165) is 4.88 Å². The predicted octanol–water partition coefficient (Wildman–Crippen LogP) is 0.169. The molecule has 4 N–H and O–H groups in total. The zero-order valence-corrected chi connectivity index (χ0v) is 9.80. The van der Waals surface area contributed by atoms with E-state index >= 15 is 0 Å². The molecule has 5 nitrogen and oxygen atoms in total. The Morgan fingerprint density at radius 2 is 2.47 bits per heavy atom. The molecule has 0 saturated heterocycles. The highest BCUT2D eigenvalue weighted by Crippen LogP contribution is 2.26. The molecular weight excluding hydrogens is 214 g/mol. The number of aliphatic hydroxyl groups is 1. The first kappa shape index (κ1) is 12.4. The van der Waals surface area contributed by atoms with Gasteiger partial charge in [-0.2, -0.15) is 0 Å². The summed E-state index contributed by atoms with van der Waals surface area (Å²) in [6.07, 6.45) is 1.61. The number of hydrogen-bond acceptors (Lipinski definition) is 6. The summed E-state index contributed by atoms with van der Waals surface area (Å²) in [6.45, 7) is 3.53. The van der Waals surface area contributed by atoms with Crippen LogP contribution in [0, 0.1) is 0 Å². The molecule has 15 heavy (non-hydrogen) atoms. The summed E-state index contributed by atoms with van der Waals surface area (Å²) in [5.74, 6) is 0. The number of nitrogen functional groups attached to an aromatic ring is 1. The summed E-state index contributed by atoms with van der Waals surface area (Å²) in [6, 6.07) is 0. The SMILES string of the molecule is COCCNCC(C)(O)c1cnc(N)s1. The molecule has 0 fully saturated rings. The van der Waals surface area contributed by atoms with E-state index in [9.17, 15) is 5.11 Å². The van der Waals surface area contributed by atoms with E-state index in [2.05, 4.69) is 10.3 Å². The minimum Gasteiger partial charge on any atom is -0.383 e. The normalized spacial score (nSPS) is 15.1. The summed E-state index contributed by atoms with van der Waals surface area (Å²) >= 11 is 1.30. The second-order valence-electron chi connectivity index (χ2n) is 3.51. The number of nitrogens with zero attached hydrogens (tertiary/aromatic N) is 1. The molecule has 0 radical (unpaired) electrons. The van der Waals surface area contributed by atoms with Gasteiger partial charge >= 0.3 is 0 Å². The van der Waals surface area contributed by atoms with Crippen LogP contribution in [0.5, 0.6) is 0 Å². The highest BCUT2D eigenvalue weighted by Gasteiger charge is 2.24. The molecule has 0 spiro atoms. The number of anilines is 1. The van der Waals surface area contributed by atoms with Gasteiger partial charge in [0, 0.05) is 26.4 Å². The molecule has 1 aromatic rings. The van der Waals surface area contributed by atoms with E-state index < -0.39 is 5.60 Å². The Bertz CT molecular complexity index is 301. The van der Waals surface area contributed by atoms with Gasteiger partial charge < -0.3 is 20.9 Å². The molecule has 0 aliphatic carbocycles. The van der Waals surface area contributed by atoms with Gasteiger partial charge in [-0.1, -0.05) is 11.3 Å². The number of methoxy groups -OCH3 is 1. The average Bonchev–Trinajstić information content (AvgIpc) is 2.60. The molecule has 0 saturated carbocycles. The van der Waals surface area contributed by atoms with Crippen LogP contribution < -0.4 is 11.1 Å². The average molecular weight is 231 g/mol. The lowest BCUT2D eigenvalue weighted by Crippen LogP contribution is -2.36. The molecule has 1 atom stereocenters. The lowest BCUT2D eigenvalue weighted by Gasteiger charge is -2.21. The summed E-state index contributed by atoms with van der Waals surface area (Å²) in [4.78, 5) is 4.68. The van der Waals surface area contributed by atoms with E-state index in [1.54, 1.807) is 20.2 Å². The number of hydrogen-bond donors (Lipinski definition) is 3. The third kappa shape index (κ3) is 3.75. The molecule has 0 bridgehead atoms. The monoisotopic (exact) mass is 231 g/mol. The summed E-state index contributed by atoms with van der Waals surface area (Å²) in [5.41, 5.74) is 4.58. The summed E-state index contributed by atoms with van der Waals surface area (Å²) in [5, 5.41) is 13.7. The van der Waals surface area contributed by atoms with Crippen LogP contribution in [-0.2, 0) is 10.3 Å². The number of ether oxygens (including phenoxy) is 1. The fourth-order valence-electron chi connectivity index (χ4n) is 1.13. The number of aromatic nitrogens is 1. The zero-order chi connectivity index (χ0) is 11.3. The lowest BCUT2D eigenvalue weighted by molar-refractivity contribution is 0.0584. The van der Waals surface area contributed by atoms with Crippen molar-refractivity contribution in [3.8, 4) is 0 Å². The molecule has 0 amide bonds. The van der Waals surface area contributed by atoms with Crippen molar-refractivity contribution < 1.29 is 9.84 Å². The Kier molecular flexibility index (Phi) is 4.46. The maximum Gasteiger partial charge on any atom is 0.180 e. The smallest absolute Gasteiger partial charge is 0.180 e. The Labute approximate surface area is 93.3 Å². The third-order valence-corrected chi connectivity index (χ3v) is 3.09. The first-order valence-electron chi connectivity index (χ1n) is 4.70. The van der Waals surface area contributed by atoms with Crippen molar-refractivity contribution in [3.63, 3.8) is 0 Å². The van der Waals surface area contributed by atoms with Crippen LogP contribution in [0.2, 0.25) is 0 Å². The second kappa shape index (κ2) is 5.41. The van der Waals surface area contributed by atoms with Crippen molar-refractivity contribution in [3.05, 3.63) is 11.1 Å². The second-order valence-corrected chi connectivity index (χ2v) is 4.57. The van der Waals surface area contributed by atoms with Crippen LogP contribution >= 0.6 is 11.3 Å². The Hall–Kier alpha value is -0.690. The van der Waals surface area contributed by atoms with Gasteiger partial charge in [0.25, 0.3) is 0 Å². The van der Waals surface area contributed by atoms with Gasteiger partial charge in [-0.15, -0.1) is 0 Å². The largest absolute Gasteiger partial charge is 0.383 e. The van der Waals surface area contributed by atoms with Crippen molar-refractivity contribution in [2.24, 2.45) is 0 Å². The van der Waals surface area contributed by atoms with E-state index in [-0.39, 0.29) is 0 Å². The highest BCUT2D eigenvalue weighted by molar-refractivity contribution is 7.15. The first-order chi connectivity index (χ1) is 7.06. The molecule has 6 heteroatoms. The van der Waals surface area contributed by atoms with E-state index in [1.165, 1.54) is 11.3 Å².